The average Bonchev–Trinajstić information content (AvgIpc) is 2.54. The van der Waals surface area contributed by atoms with Gasteiger partial charge in [0, 0.05) is 24.3 Å². The number of primary amides is 1. The van der Waals surface area contributed by atoms with Crippen LogP contribution >= 0.6 is 0 Å². The minimum Gasteiger partial charge on any atom is -0.384 e. The minimum atomic E-state index is -0.327. The van der Waals surface area contributed by atoms with E-state index in [1.54, 1.807) is 0 Å². The van der Waals surface area contributed by atoms with Crippen molar-refractivity contribution in [3.63, 3.8) is 0 Å². The highest BCUT2D eigenvalue weighted by molar-refractivity contribution is 5.95. The lowest BCUT2D eigenvalue weighted by molar-refractivity contribution is 0.0999. The predicted octanol–water partition coefficient (Wildman–Crippen LogP) is 2.81. The fourth-order valence-corrected chi connectivity index (χ4v) is 3.43. The second kappa shape index (κ2) is 8.18. The van der Waals surface area contributed by atoms with E-state index >= 15 is 0 Å². The molecule has 0 atom stereocenters. The molecule has 2 rings (SSSR count). The Kier molecular flexibility index (Phi) is 6.25. The summed E-state index contributed by atoms with van der Waals surface area (Å²) in [6.07, 6.45) is 5.78. The maximum absolute atomic E-state index is 11.6. The SMILES string of the molecule is CCc1c(NCCN2CCCCC2)ccc(C(N)=O)c1CC. The van der Waals surface area contributed by atoms with Crippen LogP contribution in [-0.4, -0.2) is 37.0 Å². The first kappa shape index (κ1) is 16.8. The second-order valence-corrected chi connectivity index (χ2v) is 6.02. The van der Waals surface area contributed by atoms with Gasteiger partial charge in [0.25, 0.3) is 0 Å². The van der Waals surface area contributed by atoms with E-state index in [1.165, 1.54) is 37.9 Å². The number of nitrogens with two attached hydrogens (primary N) is 1. The molecule has 1 aliphatic heterocycles. The molecule has 0 aromatic heterocycles. The van der Waals surface area contributed by atoms with Gasteiger partial charge in [0.1, 0.15) is 0 Å². The Morgan fingerprint density at radius 2 is 1.82 bits per heavy atom. The maximum Gasteiger partial charge on any atom is 0.248 e. The third-order valence-electron chi connectivity index (χ3n) is 4.60. The highest BCUT2D eigenvalue weighted by Gasteiger charge is 2.14. The molecule has 0 saturated carbocycles. The number of nitrogens with zero attached hydrogens (tertiary/aromatic N) is 1. The number of piperidine rings is 1. The Balaban J connectivity index is 2.05. The largest absolute Gasteiger partial charge is 0.384 e. The number of nitrogens with one attached hydrogen (secondary N) is 1. The summed E-state index contributed by atoms with van der Waals surface area (Å²) < 4.78 is 0. The number of hydrogen-bond acceptors (Lipinski definition) is 3. The van der Waals surface area contributed by atoms with E-state index in [2.05, 4.69) is 24.1 Å². The van der Waals surface area contributed by atoms with Crippen molar-refractivity contribution >= 4 is 11.6 Å². The first-order chi connectivity index (χ1) is 10.7. The molecule has 4 nitrogen and oxygen atoms in total. The number of amides is 1. The van der Waals surface area contributed by atoms with Crippen LogP contribution in [0.4, 0.5) is 5.69 Å². The summed E-state index contributed by atoms with van der Waals surface area (Å²) in [6.45, 7) is 8.70. The third kappa shape index (κ3) is 4.01. The highest BCUT2D eigenvalue weighted by atomic mass is 16.1. The maximum atomic E-state index is 11.6. The molecule has 22 heavy (non-hydrogen) atoms. The molecule has 1 amide bonds. The Hall–Kier alpha value is -1.55. The lowest BCUT2D eigenvalue weighted by Gasteiger charge is -2.27. The van der Waals surface area contributed by atoms with E-state index in [-0.39, 0.29) is 5.91 Å². The van der Waals surface area contributed by atoms with Gasteiger partial charge in [-0.05, 0) is 62.0 Å². The number of rotatable bonds is 7. The molecule has 3 N–H and O–H groups in total. The van der Waals surface area contributed by atoms with Gasteiger partial charge in [-0.2, -0.15) is 0 Å². The van der Waals surface area contributed by atoms with Gasteiger partial charge < -0.3 is 16.0 Å². The monoisotopic (exact) mass is 303 g/mol. The number of benzene rings is 1. The van der Waals surface area contributed by atoms with Crippen LogP contribution < -0.4 is 11.1 Å². The third-order valence-corrected chi connectivity index (χ3v) is 4.60. The van der Waals surface area contributed by atoms with Gasteiger partial charge in [-0.1, -0.05) is 20.3 Å². The molecular formula is C18H29N3O. The van der Waals surface area contributed by atoms with Crippen LogP contribution in [0.25, 0.3) is 0 Å². The van der Waals surface area contributed by atoms with Gasteiger partial charge in [0.2, 0.25) is 5.91 Å². The molecule has 1 fully saturated rings. The zero-order chi connectivity index (χ0) is 15.9. The molecule has 0 unspecified atom stereocenters. The minimum absolute atomic E-state index is 0.327. The van der Waals surface area contributed by atoms with Gasteiger partial charge in [-0.25, -0.2) is 0 Å². The molecule has 1 aromatic carbocycles. The lowest BCUT2D eigenvalue weighted by atomic mass is 9.95. The van der Waals surface area contributed by atoms with Crippen LogP contribution in [0.2, 0.25) is 0 Å². The van der Waals surface area contributed by atoms with Crippen LogP contribution in [-0.2, 0) is 12.8 Å². The molecular weight excluding hydrogens is 274 g/mol. The van der Waals surface area contributed by atoms with Gasteiger partial charge in [-0.3, -0.25) is 4.79 Å². The fraction of sp³-hybridized carbons (Fsp3) is 0.611. The van der Waals surface area contributed by atoms with Gasteiger partial charge in [0.05, 0.1) is 0 Å². The van der Waals surface area contributed by atoms with Crippen LogP contribution in [0.3, 0.4) is 0 Å². The van der Waals surface area contributed by atoms with E-state index in [1.807, 2.05) is 12.1 Å². The van der Waals surface area contributed by atoms with E-state index in [4.69, 9.17) is 5.73 Å². The van der Waals surface area contributed by atoms with Crippen molar-refractivity contribution in [3.05, 3.63) is 28.8 Å². The van der Waals surface area contributed by atoms with E-state index in [9.17, 15) is 4.79 Å². The van der Waals surface area contributed by atoms with E-state index in [0.29, 0.717) is 5.56 Å². The van der Waals surface area contributed by atoms with Gasteiger partial charge in [-0.15, -0.1) is 0 Å². The van der Waals surface area contributed by atoms with Crippen molar-refractivity contribution in [1.29, 1.82) is 0 Å². The van der Waals surface area contributed by atoms with Crippen molar-refractivity contribution in [2.24, 2.45) is 5.73 Å². The number of carbonyl (C=O) groups is 1. The number of hydrogen-bond donors (Lipinski definition) is 2. The number of likely N-dealkylation sites (tertiary alicyclic amines) is 1. The Morgan fingerprint density at radius 3 is 2.41 bits per heavy atom. The fourth-order valence-electron chi connectivity index (χ4n) is 3.43. The van der Waals surface area contributed by atoms with Crippen molar-refractivity contribution in [1.82, 2.24) is 4.90 Å². The molecule has 1 saturated heterocycles. The predicted molar refractivity (Wildman–Crippen MR) is 92.5 cm³/mol. The van der Waals surface area contributed by atoms with Crippen molar-refractivity contribution < 1.29 is 4.79 Å². The highest BCUT2D eigenvalue weighted by Crippen LogP contribution is 2.25. The summed E-state index contributed by atoms with van der Waals surface area (Å²) in [7, 11) is 0. The molecule has 1 aromatic rings. The van der Waals surface area contributed by atoms with Crippen LogP contribution in [0, 0.1) is 0 Å². The van der Waals surface area contributed by atoms with Crippen molar-refractivity contribution in [3.8, 4) is 0 Å². The zero-order valence-electron chi connectivity index (χ0n) is 14.0. The van der Waals surface area contributed by atoms with Gasteiger partial charge >= 0.3 is 0 Å². The zero-order valence-corrected chi connectivity index (χ0v) is 14.0. The molecule has 0 radical (unpaired) electrons. The average molecular weight is 303 g/mol. The Bertz CT molecular complexity index is 507. The Labute approximate surface area is 134 Å². The topological polar surface area (TPSA) is 58.4 Å². The van der Waals surface area contributed by atoms with Crippen LogP contribution in [0.15, 0.2) is 12.1 Å². The Morgan fingerprint density at radius 1 is 1.14 bits per heavy atom. The lowest BCUT2D eigenvalue weighted by Crippen LogP contribution is -2.33. The van der Waals surface area contributed by atoms with Crippen molar-refractivity contribution in [2.75, 3.05) is 31.5 Å². The van der Waals surface area contributed by atoms with Gasteiger partial charge in [0.15, 0.2) is 0 Å². The van der Waals surface area contributed by atoms with Crippen LogP contribution in [0.5, 0.6) is 0 Å². The second-order valence-electron chi connectivity index (χ2n) is 6.02. The standard InChI is InChI=1S/C18H29N3O/c1-3-14-15(4-2)17(9-8-16(14)18(19)22)20-10-13-21-11-6-5-7-12-21/h8-9,20H,3-7,10-13H2,1-2H3,(H2,19,22). The quantitative estimate of drug-likeness (QED) is 0.814. The molecule has 0 aliphatic carbocycles. The normalized spacial score (nSPS) is 15.7. The molecule has 1 heterocycles. The summed E-state index contributed by atoms with van der Waals surface area (Å²) in [5.74, 6) is -0.327. The van der Waals surface area contributed by atoms with Crippen LogP contribution in [0.1, 0.15) is 54.6 Å². The number of carbonyl (C=O) groups excluding carboxylic acids is 1. The number of anilines is 1. The molecule has 4 heteroatoms. The van der Waals surface area contributed by atoms with Crippen molar-refractivity contribution in [2.45, 2.75) is 46.0 Å². The van der Waals surface area contributed by atoms with E-state index < -0.39 is 0 Å². The molecule has 0 bridgehead atoms. The smallest absolute Gasteiger partial charge is 0.248 e. The summed E-state index contributed by atoms with van der Waals surface area (Å²) >= 11 is 0. The summed E-state index contributed by atoms with van der Waals surface area (Å²) in [5.41, 5.74) is 9.65. The molecule has 1 aliphatic rings. The molecule has 0 spiro atoms. The summed E-state index contributed by atoms with van der Waals surface area (Å²) in [6, 6.07) is 3.87. The first-order valence-electron chi connectivity index (χ1n) is 8.58. The first-order valence-corrected chi connectivity index (χ1v) is 8.58. The summed E-state index contributed by atoms with van der Waals surface area (Å²) in [4.78, 5) is 14.1. The summed E-state index contributed by atoms with van der Waals surface area (Å²) in [5, 5.41) is 3.56. The van der Waals surface area contributed by atoms with E-state index in [0.717, 1.165) is 37.2 Å². The molecule has 122 valence electrons.